The number of hydrogen-bond acceptors (Lipinski definition) is 3. The second-order valence-corrected chi connectivity index (χ2v) is 4.81. The van der Waals surface area contributed by atoms with Gasteiger partial charge in [-0.3, -0.25) is 4.79 Å². The number of aromatic amines is 1. The van der Waals surface area contributed by atoms with Gasteiger partial charge in [-0.1, -0.05) is 0 Å². The van der Waals surface area contributed by atoms with Crippen molar-refractivity contribution < 1.29 is 22.7 Å². The molecule has 0 spiro atoms. The van der Waals surface area contributed by atoms with Crippen molar-refractivity contribution >= 4 is 22.6 Å². The van der Waals surface area contributed by atoms with Crippen LogP contribution in [-0.4, -0.2) is 28.6 Å². The van der Waals surface area contributed by atoms with E-state index < -0.39 is 18.1 Å². The highest BCUT2D eigenvalue weighted by molar-refractivity contribution is 5.96. The van der Waals surface area contributed by atoms with Crippen LogP contribution in [-0.2, 0) is 15.7 Å². The van der Waals surface area contributed by atoms with Crippen molar-refractivity contribution in [2.45, 2.75) is 25.1 Å². The molecule has 2 heterocycles. The number of carbonyl (C=O) groups is 1. The summed E-state index contributed by atoms with van der Waals surface area (Å²) in [6, 6.07) is 4.35. The molecule has 1 fully saturated rings. The summed E-state index contributed by atoms with van der Waals surface area (Å²) in [4.78, 5) is 17.5. The summed E-state index contributed by atoms with van der Waals surface area (Å²) in [5, 5.41) is 2.63. The van der Waals surface area contributed by atoms with Crippen molar-refractivity contribution in [2.75, 3.05) is 11.9 Å². The van der Waals surface area contributed by atoms with Gasteiger partial charge < -0.3 is 15.0 Å². The molecule has 0 unspecified atom stereocenters. The normalized spacial score (nSPS) is 19.1. The number of nitrogens with zero attached hydrogens (tertiary/aromatic N) is 1. The first-order valence-electron chi connectivity index (χ1n) is 6.43. The summed E-state index contributed by atoms with van der Waals surface area (Å²) >= 11 is 0. The molecule has 1 atom stereocenters. The van der Waals surface area contributed by atoms with E-state index in [1.807, 2.05) is 0 Å². The first-order valence-corrected chi connectivity index (χ1v) is 6.43. The van der Waals surface area contributed by atoms with Gasteiger partial charge in [-0.05, 0) is 31.0 Å². The molecule has 0 saturated carbocycles. The number of benzene rings is 1. The molecule has 0 bridgehead atoms. The second-order valence-electron chi connectivity index (χ2n) is 4.81. The minimum Gasteiger partial charge on any atom is -0.368 e. The molecule has 2 aromatic rings. The highest BCUT2D eigenvalue weighted by Crippen LogP contribution is 2.29. The van der Waals surface area contributed by atoms with E-state index in [0.717, 1.165) is 6.42 Å². The number of halogens is 3. The third-order valence-corrected chi connectivity index (χ3v) is 3.24. The van der Waals surface area contributed by atoms with E-state index in [2.05, 4.69) is 15.3 Å². The van der Waals surface area contributed by atoms with Gasteiger partial charge in [-0.15, -0.1) is 0 Å². The van der Waals surface area contributed by atoms with Crippen LogP contribution in [0.2, 0.25) is 0 Å². The Balaban J connectivity index is 1.82. The molecule has 1 amide bonds. The number of anilines is 1. The van der Waals surface area contributed by atoms with Gasteiger partial charge in [-0.2, -0.15) is 13.2 Å². The van der Waals surface area contributed by atoms with E-state index in [9.17, 15) is 18.0 Å². The molecule has 8 heteroatoms. The summed E-state index contributed by atoms with van der Waals surface area (Å²) in [7, 11) is 0. The van der Waals surface area contributed by atoms with Crippen molar-refractivity contribution in [1.82, 2.24) is 9.97 Å². The van der Waals surface area contributed by atoms with Crippen LogP contribution in [0.1, 0.15) is 18.7 Å². The highest BCUT2D eigenvalue weighted by atomic mass is 19.4. The Morgan fingerprint density at radius 2 is 2.24 bits per heavy atom. The lowest BCUT2D eigenvalue weighted by Crippen LogP contribution is -2.26. The number of nitrogens with one attached hydrogen (secondary N) is 2. The number of ether oxygens (including phenoxy) is 1. The summed E-state index contributed by atoms with van der Waals surface area (Å²) in [5.41, 5.74) is 0.810. The Bertz CT molecular complexity index is 675. The first kappa shape index (κ1) is 13.9. The Morgan fingerprint density at radius 1 is 1.43 bits per heavy atom. The fourth-order valence-corrected chi connectivity index (χ4v) is 2.23. The number of aromatic nitrogens is 2. The maximum Gasteiger partial charge on any atom is 0.449 e. The van der Waals surface area contributed by atoms with Crippen molar-refractivity contribution in [3.63, 3.8) is 0 Å². The smallest absolute Gasteiger partial charge is 0.368 e. The lowest BCUT2D eigenvalue weighted by atomic mass is 10.2. The lowest BCUT2D eigenvalue weighted by Gasteiger charge is -2.10. The molecule has 2 N–H and O–H groups in total. The van der Waals surface area contributed by atoms with Crippen molar-refractivity contribution in [2.24, 2.45) is 0 Å². The minimum absolute atomic E-state index is 0.192. The number of hydrogen-bond donors (Lipinski definition) is 2. The molecule has 1 aliphatic heterocycles. The molecule has 5 nitrogen and oxygen atoms in total. The van der Waals surface area contributed by atoms with Crippen LogP contribution in [0.15, 0.2) is 18.2 Å². The second kappa shape index (κ2) is 5.03. The van der Waals surface area contributed by atoms with Gasteiger partial charge in [0.1, 0.15) is 6.10 Å². The van der Waals surface area contributed by atoms with Crippen LogP contribution in [0.25, 0.3) is 11.0 Å². The predicted octanol–water partition coefficient (Wildman–Crippen LogP) is 2.70. The van der Waals surface area contributed by atoms with Crippen LogP contribution in [0.5, 0.6) is 0 Å². The summed E-state index contributed by atoms with van der Waals surface area (Å²) in [6.07, 6.45) is -3.54. The largest absolute Gasteiger partial charge is 0.449 e. The van der Waals surface area contributed by atoms with Crippen molar-refractivity contribution in [1.29, 1.82) is 0 Å². The zero-order valence-corrected chi connectivity index (χ0v) is 10.8. The molecular formula is C13H12F3N3O2. The van der Waals surface area contributed by atoms with E-state index in [0.29, 0.717) is 18.7 Å². The number of imidazole rings is 1. The van der Waals surface area contributed by atoms with E-state index in [1.165, 1.54) is 18.2 Å². The molecule has 1 aliphatic rings. The quantitative estimate of drug-likeness (QED) is 0.896. The van der Waals surface area contributed by atoms with E-state index >= 15 is 0 Å². The molecule has 1 saturated heterocycles. The first-order chi connectivity index (χ1) is 9.93. The van der Waals surface area contributed by atoms with Crippen molar-refractivity contribution in [3.05, 3.63) is 24.0 Å². The summed E-state index contributed by atoms with van der Waals surface area (Å²) in [6.45, 7) is 0.548. The molecule has 21 heavy (non-hydrogen) atoms. The molecule has 0 radical (unpaired) electrons. The molecule has 1 aromatic heterocycles. The van der Waals surface area contributed by atoms with Gasteiger partial charge >= 0.3 is 6.18 Å². The molecule has 3 rings (SSSR count). The number of alkyl halides is 3. The number of amides is 1. The predicted molar refractivity (Wildman–Crippen MR) is 68.7 cm³/mol. The van der Waals surface area contributed by atoms with Gasteiger partial charge in [0, 0.05) is 12.3 Å². The molecule has 112 valence electrons. The Morgan fingerprint density at radius 3 is 2.90 bits per heavy atom. The lowest BCUT2D eigenvalue weighted by molar-refractivity contribution is -0.144. The fourth-order valence-electron chi connectivity index (χ4n) is 2.23. The van der Waals surface area contributed by atoms with Crippen LogP contribution < -0.4 is 5.32 Å². The molecule has 1 aromatic carbocycles. The zero-order chi connectivity index (χ0) is 15.0. The number of carbonyl (C=O) groups excluding carboxylic acids is 1. The standard InChI is InChI=1S/C13H12F3N3O2/c14-13(15,16)12-18-8-4-3-7(6-9(8)19-12)17-11(20)10-2-1-5-21-10/h3-4,6,10H,1-2,5H2,(H,17,20)(H,18,19)/t10-/m0/s1. The Labute approximate surface area is 117 Å². The van der Waals surface area contributed by atoms with Gasteiger partial charge in [0.05, 0.1) is 11.0 Å². The average molecular weight is 299 g/mol. The third kappa shape index (κ3) is 2.85. The summed E-state index contributed by atoms with van der Waals surface area (Å²) in [5.74, 6) is -1.34. The number of rotatable bonds is 2. The van der Waals surface area contributed by atoms with Crippen molar-refractivity contribution in [3.8, 4) is 0 Å². The number of fused-ring (bicyclic) bond motifs is 1. The maximum atomic E-state index is 12.6. The van der Waals surface area contributed by atoms with E-state index in [-0.39, 0.29) is 16.9 Å². The zero-order valence-electron chi connectivity index (χ0n) is 10.8. The molecule has 0 aliphatic carbocycles. The topological polar surface area (TPSA) is 67.0 Å². The highest BCUT2D eigenvalue weighted by Gasteiger charge is 2.34. The van der Waals surface area contributed by atoms with E-state index in [4.69, 9.17) is 4.74 Å². The van der Waals surface area contributed by atoms with Gasteiger partial charge in [0.25, 0.3) is 5.91 Å². The fraction of sp³-hybridized carbons (Fsp3) is 0.385. The van der Waals surface area contributed by atoms with Gasteiger partial charge in [0.2, 0.25) is 5.82 Å². The molecular weight excluding hydrogens is 287 g/mol. The third-order valence-electron chi connectivity index (χ3n) is 3.24. The summed E-state index contributed by atoms with van der Waals surface area (Å²) < 4.78 is 42.9. The maximum absolute atomic E-state index is 12.6. The Kier molecular flexibility index (Phi) is 3.32. The van der Waals surface area contributed by atoms with Crippen LogP contribution in [0.3, 0.4) is 0 Å². The monoisotopic (exact) mass is 299 g/mol. The van der Waals surface area contributed by atoms with Gasteiger partial charge in [0.15, 0.2) is 0 Å². The van der Waals surface area contributed by atoms with Crippen LogP contribution in [0.4, 0.5) is 18.9 Å². The minimum atomic E-state index is -4.53. The van der Waals surface area contributed by atoms with Gasteiger partial charge in [-0.25, -0.2) is 4.98 Å². The van der Waals surface area contributed by atoms with E-state index in [1.54, 1.807) is 0 Å². The van der Waals surface area contributed by atoms with Crippen LogP contribution in [0, 0.1) is 0 Å². The van der Waals surface area contributed by atoms with Crippen LogP contribution >= 0.6 is 0 Å². The number of H-pyrrole nitrogens is 1. The average Bonchev–Trinajstić information content (AvgIpc) is 3.06. The SMILES string of the molecule is O=C(Nc1ccc2nc(C(F)(F)F)[nH]c2c1)[C@@H]1CCCO1. The Hall–Kier alpha value is -2.09.